The summed E-state index contributed by atoms with van der Waals surface area (Å²) in [6.45, 7) is 8.08. The van der Waals surface area contributed by atoms with Crippen LogP contribution in [0.25, 0.3) is 10.2 Å². The summed E-state index contributed by atoms with van der Waals surface area (Å²) in [6, 6.07) is 10.1. The maximum atomic E-state index is 13.8. The van der Waals surface area contributed by atoms with E-state index in [-0.39, 0.29) is 16.9 Å². The number of unbranched alkanes of at least 4 members (excludes halogenated alkanes) is 2. The lowest BCUT2D eigenvalue weighted by Gasteiger charge is -2.24. The Kier molecular flexibility index (Phi) is 9.81. The predicted molar refractivity (Wildman–Crippen MR) is 155 cm³/mol. The number of hydrogen-bond acceptors (Lipinski definition) is 6. The Morgan fingerprint density at radius 3 is 2.39 bits per heavy atom. The summed E-state index contributed by atoms with van der Waals surface area (Å²) in [5.41, 5.74) is 2.06. The topological polar surface area (TPSA) is 79.8 Å². The lowest BCUT2D eigenvalue weighted by molar-refractivity contribution is 0.0917. The van der Waals surface area contributed by atoms with Gasteiger partial charge in [0.25, 0.3) is 5.91 Å². The summed E-state index contributed by atoms with van der Waals surface area (Å²) in [5.74, 6) is -0.235. The molecule has 1 fully saturated rings. The minimum Gasteiger partial charge on any atom is -0.376 e. The van der Waals surface area contributed by atoms with Crippen molar-refractivity contribution in [3.8, 4) is 0 Å². The van der Waals surface area contributed by atoms with E-state index in [1.807, 2.05) is 19.1 Å². The zero-order chi connectivity index (χ0) is 27.3. The molecule has 7 nitrogen and oxygen atoms in total. The first kappa shape index (κ1) is 29.0. The van der Waals surface area contributed by atoms with Crippen molar-refractivity contribution in [3.63, 3.8) is 0 Å². The van der Waals surface area contributed by atoms with Gasteiger partial charge in [0.05, 0.1) is 27.8 Å². The Hall–Kier alpha value is -2.04. The van der Waals surface area contributed by atoms with Gasteiger partial charge in [-0.25, -0.2) is 13.4 Å². The van der Waals surface area contributed by atoms with Gasteiger partial charge in [-0.2, -0.15) is 4.31 Å². The molecule has 1 atom stereocenters. The number of benzene rings is 2. The first-order valence-corrected chi connectivity index (χ1v) is 16.0. The Labute approximate surface area is 234 Å². The normalized spacial score (nSPS) is 16.0. The number of anilines is 1. The fourth-order valence-corrected chi connectivity index (χ4v) is 7.24. The molecule has 2 heterocycles. The number of aryl methyl sites for hydroxylation is 1. The molecule has 3 aromatic rings. The molecule has 0 spiro atoms. The van der Waals surface area contributed by atoms with Gasteiger partial charge in [-0.1, -0.05) is 49.6 Å². The number of ether oxygens (including phenoxy) is 1. The maximum Gasteiger partial charge on any atom is 0.260 e. The van der Waals surface area contributed by atoms with Gasteiger partial charge in [0, 0.05) is 30.3 Å². The number of sulfonamides is 1. The molecule has 0 bridgehead atoms. The summed E-state index contributed by atoms with van der Waals surface area (Å²) >= 11 is 7.75. The van der Waals surface area contributed by atoms with E-state index in [2.05, 4.69) is 13.8 Å². The molecule has 0 saturated carbocycles. The number of nitrogens with zero attached hydrogens (tertiary/aromatic N) is 3. The van der Waals surface area contributed by atoms with Crippen molar-refractivity contribution in [2.45, 2.75) is 70.3 Å². The van der Waals surface area contributed by atoms with Gasteiger partial charge in [0.1, 0.15) is 0 Å². The second kappa shape index (κ2) is 12.9. The zero-order valence-electron chi connectivity index (χ0n) is 22.3. The van der Waals surface area contributed by atoms with Crippen LogP contribution in [0.3, 0.4) is 0 Å². The van der Waals surface area contributed by atoms with Crippen molar-refractivity contribution in [1.29, 1.82) is 0 Å². The van der Waals surface area contributed by atoms with Crippen molar-refractivity contribution in [2.75, 3.05) is 31.1 Å². The number of halogens is 1. The Morgan fingerprint density at radius 1 is 1.11 bits per heavy atom. The maximum absolute atomic E-state index is 13.8. The van der Waals surface area contributed by atoms with E-state index in [1.165, 1.54) is 11.3 Å². The van der Waals surface area contributed by atoms with Crippen LogP contribution in [-0.4, -0.2) is 56.0 Å². The summed E-state index contributed by atoms with van der Waals surface area (Å²) in [4.78, 5) is 20.4. The van der Waals surface area contributed by atoms with E-state index >= 15 is 0 Å². The largest absolute Gasteiger partial charge is 0.376 e. The van der Waals surface area contributed by atoms with Gasteiger partial charge in [-0.3, -0.25) is 9.69 Å². The number of carbonyl (C=O) groups is 1. The Balaban J connectivity index is 1.63. The SMILES string of the molecule is CCCCN(CCCC)S(=O)(=O)c1ccc(C(=O)N(CC2CCCO2)c2nc3c(C)c(Cl)ccc3s2)cc1. The predicted octanol–water partition coefficient (Wildman–Crippen LogP) is 6.67. The lowest BCUT2D eigenvalue weighted by atomic mass is 10.2. The Morgan fingerprint density at radius 2 is 1.79 bits per heavy atom. The molecular weight excluding hydrogens is 542 g/mol. The van der Waals surface area contributed by atoms with E-state index < -0.39 is 10.0 Å². The van der Waals surface area contributed by atoms with Crippen LogP contribution < -0.4 is 4.90 Å². The van der Waals surface area contributed by atoms with Crippen molar-refractivity contribution in [1.82, 2.24) is 9.29 Å². The highest BCUT2D eigenvalue weighted by atomic mass is 35.5. The van der Waals surface area contributed by atoms with Crippen molar-refractivity contribution in [2.24, 2.45) is 0 Å². The smallest absolute Gasteiger partial charge is 0.260 e. The number of hydrogen-bond donors (Lipinski definition) is 0. The molecule has 1 unspecified atom stereocenters. The minimum atomic E-state index is -3.64. The third-order valence-corrected chi connectivity index (χ3v) is 10.2. The number of fused-ring (bicyclic) bond motifs is 1. The summed E-state index contributed by atoms with van der Waals surface area (Å²) in [6.07, 6.45) is 5.23. The molecule has 1 aliphatic rings. The standard InChI is InChI=1S/C28H36ClN3O4S2/c1-4-6-16-31(17-7-5-2)38(34,35)23-12-10-21(11-13-23)27(33)32(19-22-9-8-18-36-22)28-30-26-20(3)24(29)14-15-25(26)37-28/h10-15,22H,4-9,16-19H2,1-3H3. The number of rotatable bonds is 12. The van der Waals surface area contributed by atoms with Gasteiger partial charge in [0.15, 0.2) is 5.13 Å². The first-order valence-electron chi connectivity index (χ1n) is 13.4. The number of thiazole rings is 1. The average molecular weight is 578 g/mol. The van der Waals surface area contributed by atoms with Crippen LogP contribution in [0.2, 0.25) is 5.02 Å². The molecule has 1 aromatic heterocycles. The lowest BCUT2D eigenvalue weighted by Crippen LogP contribution is -2.37. The van der Waals surface area contributed by atoms with Gasteiger partial charge < -0.3 is 4.74 Å². The van der Waals surface area contributed by atoms with Crippen molar-refractivity contribution in [3.05, 3.63) is 52.5 Å². The molecule has 10 heteroatoms. The van der Waals surface area contributed by atoms with Crippen molar-refractivity contribution < 1.29 is 17.9 Å². The quantitative estimate of drug-likeness (QED) is 0.240. The molecule has 206 valence electrons. The molecule has 1 amide bonds. The molecule has 1 aliphatic heterocycles. The third-order valence-electron chi connectivity index (χ3n) is 6.88. The number of aromatic nitrogens is 1. The molecule has 2 aromatic carbocycles. The number of amides is 1. The van der Waals surface area contributed by atoms with Crippen LogP contribution in [0.5, 0.6) is 0 Å². The molecule has 0 radical (unpaired) electrons. The van der Waals surface area contributed by atoms with Gasteiger partial charge in [-0.05, 0) is 74.6 Å². The van der Waals surface area contributed by atoms with Gasteiger partial charge in [-0.15, -0.1) is 0 Å². The second-order valence-electron chi connectivity index (χ2n) is 9.70. The minimum absolute atomic E-state index is 0.0685. The monoisotopic (exact) mass is 577 g/mol. The van der Waals surface area contributed by atoms with E-state index in [0.29, 0.717) is 42.0 Å². The van der Waals surface area contributed by atoms with Crippen LogP contribution in [0.15, 0.2) is 41.3 Å². The van der Waals surface area contributed by atoms with Crippen molar-refractivity contribution >= 4 is 54.2 Å². The number of carbonyl (C=O) groups excluding carboxylic acids is 1. The fraction of sp³-hybridized carbons (Fsp3) is 0.500. The fourth-order valence-electron chi connectivity index (χ4n) is 4.54. The molecule has 0 aliphatic carbocycles. The van der Waals surface area contributed by atoms with E-state index in [1.54, 1.807) is 33.5 Å². The Bertz CT molecular complexity index is 1340. The van der Waals surface area contributed by atoms with E-state index in [4.69, 9.17) is 21.3 Å². The molecule has 4 rings (SSSR count). The molecule has 1 saturated heterocycles. The molecular formula is C28H36ClN3O4S2. The van der Waals surface area contributed by atoms with Crippen LogP contribution >= 0.6 is 22.9 Å². The van der Waals surface area contributed by atoms with Crippen LogP contribution in [0.4, 0.5) is 5.13 Å². The average Bonchev–Trinajstić information content (AvgIpc) is 3.59. The van der Waals surface area contributed by atoms with E-state index in [0.717, 1.165) is 54.3 Å². The second-order valence-corrected chi connectivity index (χ2v) is 13.1. The van der Waals surface area contributed by atoms with Crippen LogP contribution in [0.1, 0.15) is 68.3 Å². The van der Waals surface area contributed by atoms with Crippen LogP contribution in [-0.2, 0) is 14.8 Å². The highest BCUT2D eigenvalue weighted by Gasteiger charge is 2.29. The summed E-state index contributed by atoms with van der Waals surface area (Å²) in [7, 11) is -3.64. The first-order chi connectivity index (χ1) is 18.3. The van der Waals surface area contributed by atoms with Crippen LogP contribution in [0, 0.1) is 6.92 Å². The van der Waals surface area contributed by atoms with Gasteiger partial charge >= 0.3 is 0 Å². The van der Waals surface area contributed by atoms with E-state index in [9.17, 15) is 13.2 Å². The van der Waals surface area contributed by atoms with Gasteiger partial charge in [0.2, 0.25) is 10.0 Å². The zero-order valence-corrected chi connectivity index (χ0v) is 24.7. The molecule has 0 N–H and O–H groups in total. The summed E-state index contributed by atoms with van der Waals surface area (Å²) in [5, 5.41) is 1.21. The third kappa shape index (κ3) is 6.39. The summed E-state index contributed by atoms with van der Waals surface area (Å²) < 4.78 is 35.1. The highest BCUT2D eigenvalue weighted by molar-refractivity contribution is 7.89. The highest BCUT2D eigenvalue weighted by Crippen LogP contribution is 2.35. The molecule has 38 heavy (non-hydrogen) atoms.